The highest BCUT2D eigenvalue weighted by molar-refractivity contribution is 5.22. The summed E-state index contributed by atoms with van der Waals surface area (Å²) < 4.78 is 13.6. The van der Waals surface area contributed by atoms with E-state index in [1.807, 2.05) is 13.8 Å². The van der Waals surface area contributed by atoms with Gasteiger partial charge < -0.3 is 5.32 Å². The maximum absolute atomic E-state index is 13.6. The van der Waals surface area contributed by atoms with Crippen LogP contribution >= 0.6 is 0 Å². The second-order valence-electron chi connectivity index (χ2n) is 4.09. The molecule has 0 bridgehead atoms. The minimum atomic E-state index is -0.173. The molecule has 0 amide bonds. The fraction of sp³-hybridized carbons (Fsp3) is 0.545. The van der Waals surface area contributed by atoms with E-state index >= 15 is 0 Å². The van der Waals surface area contributed by atoms with Crippen LogP contribution in [0.2, 0.25) is 0 Å². The maximum Gasteiger partial charge on any atom is 0.146 e. The van der Waals surface area contributed by atoms with E-state index in [0.29, 0.717) is 11.6 Å². The van der Waals surface area contributed by atoms with Crippen LogP contribution in [-0.2, 0) is 0 Å². The highest BCUT2D eigenvalue weighted by atomic mass is 19.1. The molecule has 1 N–H and O–H groups in total. The first kappa shape index (κ1) is 9.59. The molecular weight excluding hydrogens is 179 g/mol. The zero-order valence-electron chi connectivity index (χ0n) is 8.55. The minimum absolute atomic E-state index is 0.135. The van der Waals surface area contributed by atoms with Gasteiger partial charge in [-0.1, -0.05) is 13.8 Å². The van der Waals surface area contributed by atoms with Crippen LogP contribution in [0.15, 0.2) is 12.3 Å². The van der Waals surface area contributed by atoms with Crippen LogP contribution in [0.4, 0.5) is 4.39 Å². The SMILES string of the molecule is CC(C)c1cnc(C2CCN2)c(F)c1. The van der Waals surface area contributed by atoms with Gasteiger partial charge in [0.1, 0.15) is 5.82 Å². The summed E-state index contributed by atoms with van der Waals surface area (Å²) >= 11 is 0. The van der Waals surface area contributed by atoms with Crippen molar-refractivity contribution >= 4 is 0 Å². The highest BCUT2D eigenvalue weighted by Crippen LogP contribution is 2.25. The quantitative estimate of drug-likeness (QED) is 0.781. The third-order valence-electron chi connectivity index (χ3n) is 2.71. The average molecular weight is 194 g/mol. The first-order valence-corrected chi connectivity index (χ1v) is 5.07. The highest BCUT2D eigenvalue weighted by Gasteiger charge is 2.23. The monoisotopic (exact) mass is 194 g/mol. The van der Waals surface area contributed by atoms with E-state index < -0.39 is 0 Å². The van der Waals surface area contributed by atoms with Gasteiger partial charge in [-0.05, 0) is 30.5 Å². The molecule has 1 aliphatic rings. The Morgan fingerprint density at radius 1 is 1.57 bits per heavy atom. The Hall–Kier alpha value is -0.960. The largest absolute Gasteiger partial charge is 0.308 e. The Morgan fingerprint density at radius 3 is 2.71 bits per heavy atom. The molecule has 1 aliphatic heterocycles. The molecule has 76 valence electrons. The Morgan fingerprint density at radius 2 is 2.29 bits per heavy atom. The lowest BCUT2D eigenvalue weighted by molar-refractivity contribution is 0.360. The van der Waals surface area contributed by atoms with Gasteiger partial charge in [0.05, 0.1) is 11.7 Å². The van der Waals surface area contributed by atoms with Gasteiger partial charge in [0.15, 0.2) is 0 Å². The number of nitrogens with one attached hydrogen (secondary N) is 1. The number of hydrogen-bond acceptors (Lipinski definition) is 2. The number of aromatic nitrogens is 1. The van der Waals surface area contributed by atoms with Gasteiger partial charge in [-0.3, -0.25) is 4.98 Å². The van der Waals surface area contributed by atoms with Crippen molar-refractivity contribution in [3.8, 4) is 0 Å². The van der Waals surface area contributed by atoms with Gasteiger partial charge in [-0.2, -0.15) is 0 Å². The number of nitrogens with zero attached hydrogens (tertiary/aromatic N) is 1. The third-order valence-corrected chi connectivity index (χ3v) is 2.71. The molecule has 3 heteroatoms. The smallest absolute Gasteiger partial charge is 0.146 e. The number of hydrogen-bond donors (Lipinski definition) is 1. The van der Waals surface area contributed by atoms with Gasteiger partial charge >= 0.3 is 0 Å². The van der Waals surface area contributed by atoms with Crippen LogP contribution in [0.1, 0.15) is 43.5 Å². The molecule has 1 fully saturated rings. The molecule has 1 aromatic heterocycles. The molecule has 1 saturated heterocycles. The van der Waals surface area contributed by atoms with Crippen LogP contribution in [0.5, 0.6) is 0 Å². The molecule has 2 heterocycles. The fourth-order valence-corrected chi connectivity index (χ4v) is 1.56. The Balaban J connectivity index is 2.26. The van der Waals surface area contributed by atoms with Gasteiger partial charge in [-0.25, -0.2) is 4.39 Å². The van der Waals surface area contributed by atoms with E-state index in [1.54, 1.807) is 12.3 Å². The second kappa shape index (κ2) is 3.65. The molecule has 0 radical (unpaired) electrons. The van der Waals surface area contributed by atoms with E-state index in [1.165, 1.54) is 0 Å². The standard InChI is InChI=1S/C11H15FN2/c1-7(2)8-5-9(12)11(14-6-8)10-3-4-13-10/h5-7,10,13H,3-4H2,1-2H3. The molecule has 0 saturated carbocycles. The van der Waals surface area contributed by atoms with E-state index in [-0.39, 0.29) is 11.9 Å². The molecule has 0 aliphatic carbocycles. The van der Waals surface area contributed by atoms with Crippen molar-refractivity contribution in [2.24, 2.45) is 0 Å². The van der Waals surface area contributed by atoms with Gasteiger partial charge in [0, 0.05) is 6.20 Å². The molecule has 1 atom stereocenters. The summed E-state index contributed by atoms with van der Waals surface area (Å²) in [6, 6.07) is 1.74. The van der Waals surface area contributed by atoms with Crippen LogP contribution in [0.25, 0.3) is 0 Å². The Bertz CT molecular complexity index is 332. The first-order valence-electron chi connectivity index (χ1n) is 5.07. The summed E-state index contributed by atoms with van der Waals surface area (Å²) in [6.07, 6.45) is 2.77. The first-order chi connectivity index (χ1) is 6.68. The lowest BCUT2D eigenvalue weighted by Crippen LogP contribution is -2.36. The van der Waals surface area contributed by atoms with Crippen molar-refractivity contribution in [3.05, 3.63) is 29.3 Å². The molecule has 1 unspecified atom stereocenters. The van der Waals surface area contributed by atoms with E-state index in [2.05, 4.69) is 10.3 Å². The number of halogens is 1. The summed E-state index contributed by atoms with van der Waals surface area (Å²) in [5.74, 6) is 0.161. The average Bonchev–Trinajstić information content (AvgIpc) is 2.04. The lowest BCUT2D eigenvalue weighted by atomic mass is 10.00. The van der Waals surface area contributed by atoms with E-state index in [9.17, 15) is 4.39 Å². The lowest BCUT2D eigenvalue weighted by Gasteiger charge is -2.27. The summed E-state index contributed by atoms with van der Waals surface area (Å²) in [6.45, 7) is 5.05. The van der Waals surface area contributed by atoms with Gasteiger partial charge in [-0.15, -0.1) is 0 Å². The van der Waals surface area contributed by atoms with Crippen molar-refractivity contribution in [2.45, 2.75) is 32.2 Å². The zero-order valence-corrected chi connectivity index (χ0v) is 8.55. The van der Waals surface area contributed by atoms with Crippen LogP contribution in [-0.4, -0.2) is 11.5 Å². The van der Waals surface area contributed by atoms with E-state index in [0.717, 1.165) is 18.5 Å². The van der Waals surface area contributed by atoms with Crippen molar-refractivity contribution < 1.29 is 4.39 Å². The fourth-order valence-electron chi connectivity index (χ4n) is 1.56. The summed E-state index contributed by atoms with van der Waals surface area (Å²) in [7, 11) is 0. The molecule has 14 heavy (non-hydrogen) atoms. The van der Waals surface area contributed by atoms with Crippen molar-refractivity contribution in [2.75, 3.05) is 6.54 Å². The van der Waals surface area contributed by atoms with Crippen LogP contribution in [0, 0.1) is 5.82 Å². The van der Waals surface area contributed by atoms with Crippen LogP contribution < -0.4 is 5.32 Å². The molecular formula is C11H15FN2. The third kappa shape index (κ3) is 1.64. The normalized spacial score (nSPS) is 21.0. The molecule has 2 rings (SSSR count). The summed E-state index contributed by atoms with van der Waals surface area (Å²) in [5, 5.41) is 3.15. The van der Waals surface area contributed by atoms with Crippen LogP contribution in [0.3, 0.4) is 0 Å². The van der Waals surface area contributed by atoms with Gasteiger partial charge in [0.25, 0.3) is 0 Å². The topological polar surface area (TPSA) is 24.9 Å². The van der Waals surface area contributed by atoms with Crippen molar-refractivity contribution in [1.29, 1.82) is 0 Å². The molecule has 0 spiro atoms. The zero-order chi connectivity index (χ0) is 10.1. The summed E-state index contributed by atoms with van der Waals surface area (Å²) in [4.78, 5) is 4.18. The van der Waals surface area contributed by atoms with E-state index in [4.69, 9.17) is 0 Å². The molecule has 1 aromatic rings. The predicted octanol–water partition coefficient (Wildman–Crippen LogP) is 2.38. The van der Waals surface area contributed by atoms with Crippen molar-refractivity contribution in [1.82, 2.24) is 10.3 Å². The molecule has 0 aromatic carbocycles. The van der Waals surface area contributed by atoms with Crippen molar-refractivity contribution in [3.63, 3.8) is 0 Å². The Kier molecular flexibility index (Phi) is 2.50. The number of rotatable bonds is 2. The number of pyridine rings is 1. The second-order valence-corrected chi connectivity index (χ2v) is 4.09. The minimum Gasteiger partial charge on any atom is -0.308 e. The predicted molar refractivity (Wildman–Crippen MR) is 53.6 cm³/mol. The maximum atomic E-state index is 13.6. The van der Waals surface area contributed by atoms with Gasteiger partial charge in [0.2, 0.25) is 0 Å². The summed E-state index contributed by atoms with van der Waals surface area (Å²) in [5.41, 5.74) is 1.53. The Labute approximate surface area is 83.6 Å². The molecule has 2 nitrogen and oxygen atoms in total.